The molecule has 23 heavy (non-hydrogen) atoms. The second kappa shape index (κ2) is 6.91. The van der Waals surface area contributed by atoms with Crippen LogP contribution in [0, 0.1) is 12.8 Å². The number of nitrogens with one attached hydrogen (secondary N) is 1. The number of hydrogen-bond acceptors (Lipinski definition) is 7. The standard InChI is InChI=1S/C15H20N4O4/c1-3-12-17-11(8-22-12)14(20)18-13(10-4-6-21-7-5-10)15-16-9(2)19-23-15/h8,10,13H,3-7H2,1-2H3,(H,18,20)/t13-/m1/s1. The lowest BCUT2D eigenvalue weighted by Gasteiger charge is -2.28. The SMILES string of the molecule is CCc1nc(C(=O)N[C@@H](c2nc(C)no2)C2CCOCC2)co1. The molecule has 0 bridgehead atoms. The molecule has 3 rings (SSSR count). The van der Waals surface area contributed by atoms with E-state index in [9.17, 15) is 4.79 Å². The second-order valence-corrected chi connectivity index (χ2v) is 5.56. The molecule has 0 aliphatic carbocycles. The summed E-state index contributed by atoms with van der Waals surface area (Å²) in [5, 5.41) is 6.78. The molecule has 1 N–H and O–H groups in total. The third-order valence-corrected chi connectivity index (χ3v) is 3.92. The summed E-state index contributed by atoms with van der Waals surface area (Å²) in [5.41, 5.74) is 0.259. The van der Waals surface area contributed by atoms with Gasteiger partial charge in [-0.1, -0.05) is 12.1 Å². The minimum atomic E-state index is -0.352. The fourth-order valence-electron chi connectivity index (χ4n) is 2.66. The first-order chi connectivity index (χ1) is 11.2. The van der Waals surface area contributed by atoms with Gasteiger partial charge in [0.1, 0.15) is 12.3 Å². The highest BCUT2D eigenvalue weighted by Gasteiger charge is 2.32. The van der Waals surface area contributed by atoms with Crippen LogP contribution in [0.3, 0.4) is 0 Å². The van der Waals surface area contributed by atoms with Crippen LogP contribution in [0.1, 0.15) is 53.9 Å². The molecule has 0 unspecified atom stereocenters. The molecule has 1 saturated heterocycles. The Bertz CT molecular complexity index is 660. The van der Waals surface area contributed by atoms with E-state index in [1.807, 2.05) is 6.92 Å². The highest BCUT2D eigenvalue weighted by molar-refractivity contribution is 5.92. The summed E-state index contributed by atoms with van der Waals surface area (Å²) in [6.07, 6.45) is 3.66. The summed E-state index contributed by atoms with van der Waals surface area (Å²) >= 11 is 0. The van der Waals surface area contributed by atoms with Gasteiger partial charge in [0.05, 0.1) is 0 Å². The maximum Gasteiger partial charge on any atom is 0.273 e. The average molecular weight is 320 g/mol. The van der Waals surface area contributed by atoms with Crippen LogP contribution in [0.15, 0.2) is 15.2 Å². The third kappa shape index (κ3) is 3.58. The number of amides is 1. The molecule has 1 aliphatic rings. The van der Waals surface area contributed by atoms with Crippen molar-refractivity contribution in [1.29, 1.82) is 0 Å². The zero-order chi connectivity index (χ0) is 16.2. The van der Waals surface area contributed by atoms with Gasteiger partial charge in [0.25, 0.3) is 5.91 Å². The van der Waals surface area contributed by atoms with Crippen molar-refractivity contribution in [3.05, 3.63) is 29.6 Å². The van der Waals surface area contributed by atoms with E-state index in [0.29, 0.717) is 37.2 Å². The van der Waals surface area contributed by atoms with E-state index >= 15 is 0 Å². The van der Waals surface area contributed by atoms with Gasteiger partial charge < -0.3 is 19.0 Å². The quantitative estimate of drug-likeness (QED) is 0.896. The predicted octanol–water partition coefficient (Wildman–Crippen LogP) is 1.83. The van der Waals surface area contributed by atoms with Crippen LogP contribution in [-0.4, -0.2) is 34.2 Å². The number of rotatable bonds is 5. The molecule has 0 aromatic carbocycles. The Labute approximate surface area is 133 Å². The molecular weight excluding hydrogens is 300 g/mol. The molecule has 1 amide bonds. The van der Waals surface area contributed by atoms with Crippen LogP contribution in [0.25, 0.3) is 0 Å². The zero-order valence-electron chi connectivity index (χ0n) is 13.2. The number of aromatic nitrogens is 3. The number of oxazole rings is 1. The molecule has 2 aromatic heterocycles. The zero-order valence-corrected chi connectivity index (χ0v) is 13.2. The van der Waals surface area contributed by atoms with Crippen LogP contribution >= 0.6 is 0 Å². The molecule has 8 heteroatoms. The first kappa shape index (κ1) is 15.7. The highest BCUT2D eigenvalue weighted by atomic mass is 16.5. The van der Waals surface area contributed by atoms with Crippen LogP contribution in [0.2, 0.25) is 0 Å². The Kier molecular flexibility index (Phi) is 4.71. The second-order valence-electron chi connectivity index (χ2n) is 5.56. The summed E-state index contributed by atoms with van der Waals surface area (Å²) < 4.78 is 15.9. The molecule has 0 saturated carbocycles. The lowest BCUT2D eigenvalue weighted by molar-refractivity contribution is 0.0467. The summed E-state index contributed by atoms with van der Waals surface area (Å²) in [4.78, 5) is 20.9. The topological polar surface area (TPSA) is 103 Å². The summed E-state index contributed by atoms with van der Waals surface area (Å²) in [7, 11) is 0. The van der Waals surface area contributed by atoms with Crippen LogP contribution in [-0.2, 0) is 11.2 Å². The molecule has 2 aromatic rings. The van der Waals surface area contributed by atoms with Crippen LogP contribution < -0.4 is 5.32 Å². The van der Waals surface area contributed by atoms with Gasteiger partial charge in [0.2, 0.25) is 5.89 Å². The van der Waals surface area contributed by atoms with Gasteiger partial charge in [-0.3, -0.25) is 4.79 Å². The molecular formula is C15H20N4O4. The summed E-state index contributed by atoms with van der Waals surface area (Å²) in [6, 6.07) is -0.352. The minimum Gasteiger partial charge on any atom is -0.448 e. The smallest absolute Gasteiger partial charge is 0.273 e. The molecule has 1 fully saturated rings. The molecule has 0 spiro atoms. The Morgan fingerprint density at radius 2 is 2.17 bits per heavy atom. The molecule has 1 aliphatic heterocycles. The Morgan fingerprint density at radius 1 is 1.39 bits per heavy atom. The molecule has 3 heterocycles. The van der Waals surface area contributed by atoms with Crippen LogP contribution in [0.4, 0.5) is 0 Å². The van der Waals surface area contributed by atoms with Gasteiger partial charge in [-0.05, 0) is 25.7 Å². The monoisotopic (exact) mass is 320 g/mol. The van der Waals surface area contributed by atoms with Gasteiger partial charge in [-0.15, -0.1) is 0 Å². The fourth-order valence-corrected chi connectivity index (χ4v) is 2.66. The van der Waals surface area contributed by atoms with Gasteiger partial charge in [-0.25, -0.2) is 4.98 Å². The lowest BCUT2D eigenvalue weighted by Crippen LogP contribution is -2.36. The Hall–Kier alpha value is -2.22. The largest absolute Gasteiger partial charge is 0.448 e. The van der Waals surface area contributed by atoms with E-state index in [0.717, 1.165) is 12.8 Å². The maximum absolute atomic E-state index is 12.5. The Balaban J connectivity index is 1.78. The van der Waals surface area contributed by atoms with Crippen molar-refractivity contribution < 1.29 is 18.5 Å². The predicted molar refractivity (Wildman–Crippen MR) is 78.7 cm³/mol. The third-order valence-electron chi connectivity index (χ3n) is 3.92. The number of nitrogens with zero attached hydrogens (tertiary/aromatic N) is 3. The van der Waals surface area contributed by atoms with Gasteiger partial charge in [0.15, 0.2) is 17.4 Å². The molecule has 124 valence electrons. The molecule has 0 radical (unpaired) electrons. The lowest BCUT2D eigenvalue weighted by atomic mass is 9.91. The number of carbonyl (C=O) groups is 1. The first-order valence-electron chi connectivity index (χ1n) is 7.80. The van der Waals surface area contributed by atoms with Gasteiger partial charge >= 0.3 is 0 Å². The van der Waals surface area contributed by atoms with Crippen molar-refractivity contribution >= 4 is 5.91 Å². The van der Waals surface area contributed by atoms with E-state index in [1.165, 1.54) is 6.26 Å². The molecule has 1 atom stereocenters. The maximum atomic E-state index is 12.5. The average Bonchev–Trinajstić information content (AvgIpc) is 3.22. The highest BCUT2D eigenvalue weighted by Crippen LogP contribution is 2.29. The van der Waals surface area contributed by atoms with E-state index in [2.05, 4.69) is 20.4 Å². The van der Waals surface area contributed by atoms with Gasteiger partial charge in [-0.2, -0.15) is 4.98 Å². The fraction of sp³-hybridized carbons (Fsp3) is 0.600. The van der Waals surface area contributed by atoms with Crippen molar-refractivity contribution in [3.8, 4) is 0 Å². The van der Waals surface area contributed by atoms with E-state index in [-0.39, 0.29) is 23.6 Å². The number of aryl methyl sites for hydroxylation is 2. The minimum absolute atomic E-state index is 0.185. The van der Waals surface area contributed by atoms with E-state index < -0.39 is 0 Å². The van der Waals surface area contributed by atoms with E-state index in [1.54, 1.807) is 6.92 Å². The van der Waals surface area contributed by atoms with E-state index in [4.69, 9.17) is 13.7 Å². The van der Waals surface area contributed by atoms with Crippen molar-refractivity contribution in [1.82, 2.24) is 20.4 Å². The first-order valence-corrected chi connectivity index (χ1v) is 7.80. The van der Waals surface area contributed by atoms with Crippen molar-refractivity contribution in [3.63, 3.8) is 0 Å². The van der Waals surface area contributed by atoms with Crippen LogP contribution in [0.5, 0.6) is 0 Å². The van der Waals surface area contributed by atoms with Crippen molar-refractivity contribution in [2.45, 2.75) is 39.2 Å². The number of carbonyl (C=O) groups excluding carboxylic acids is 1. The van der Waals surface area contributed by atoms with Gasteiger partial charge in [0, 0.05) is 19.6 Å². The number of ether oxygens (including phenoxy) is 1. The van der Waals surface area contributed by atoms with Crippen molar-refractivity contribution in [2.24, 2.45) is 5.92 Å². The summed E-state index contributed by atoms with van der Waals surface area (Å²) in [5.74, 6) is 1.38. The number of hydrogen-bond donors (Lipinski definition) is 1. The molecule has 8 nitrogen and oxygen atoms in total. The normalized spacial score (nSPS) is 17.1. The Morgan fingerprint density at radius 3 is 2.78 bits per heavy atom. The van der Waals surface area contributed by atoms with Crippen molar-refractivity contribution in [2.75, 3.05) is 13.2 Å². The summed E-state index contributed by atoms with van der Waals surface area (Å²) in [6.45, 7) is 4.99.